The highest BCUT2D eigenvalue weighted by Gasteiger charge is 2.24. The van der Waals surface area contributed by atoms with Gasteiger partial charge in [0, 0.05) is 18.2 Å². The van der Waals surface area contributed by atoms with E-state index in [-0.39, 0.29) is 5.91 Å². The third-order valence-corrected chi connectivity index (χ3v) is 4.68. The summed E-state index contributed by atoms with van der Waals surface area (Å²) in [6.07, 6.45) is 6.76. The van der Waals surface area contributed by atoms with E-state index in [0.29, 0.717) is 23.4 Å². The predicted molar refractivity (Wildman–Crippen MR) is 90.0 cm³/mol. The molecule has 0 spiro atoms. The highest BCUT2D eigenvalue weighted by atomic mass is 35.5. The number of carbonyl (C=O) groups excluding carboxylic acids is 1. The normalized spacial score (nSPS) is 21.9. The summed E-state index contributed by atoms with van der Waals surface area (Å²) in [4.78, 5) is 11.5. The molecule has 1 aliphatic rings. The van der Waals surface area contributed by atoms with E-state index in [2.05, 4.69) is 17.6 Å². The van der Waals surface area contributed by atoms with Crippen LogP contribution < -0.4 is 10.6 Å². The van der Waals surface area contributed by atoms with Crippen molar-refractivity contribution in [3.63, 3.8) is 0 Å². The molecule has 1 amide bonds. The lowest BCUT2D eigenvalue weighted by molar-refractivity contribution is -0.115. The maximum Gasteiger partial charge on any atom is 0.224 e. The van der Waals surface area contributed by atoms with E-state index in [1.165, 1.54) is 32.1 Å². The van der Waals surface area contributed by atoms with Gasteiger partial charge in [-0.2, -0.15) is 0 Å². The third-order valence-electron chi connectivity index (χ3n) is 4.35. The molecule has 116 valence electrons. The molecule has 3 nitrogen and oxygen atoms in total. The first-order chi connectivity index (χ1) is 10.1. The zero-order valence-electron chi connectivity index (χ0n) is 12.9. The van der Waals surface area contributed by atoms with Gasteiger partial charge in [0.1, 0.15) is 0 Å². The summed E-state index contributed by atoms with van der Waals surface area (Å²) >= 11 is 6.30. The molecular weight excluding hydrogens is 284 g/mol. The minimum atomic E-state index is 0.0207. The number of anilines is 2. The number of hydrogen-bond acceptors (Lipinski definition) is 2. The minimum absolute atomic E-state index is 0.0207. The van der Waals surface area contributed by atoms with E-state index in [0.717, 1.165) is 11.4 Å². The second kappa shape index (κ2) is 7.69. The molecule has 0 bridgehead atoms. The van der Waals surface area contributed by atoms with Gasteiger partial charge in [0.2, 0.25) is 5.91 Å². The van der Waals surface area contributed by atoms with Crippen molar-refractivity contribution in [1.82, 2.24) is 0 Å². The lowest BCUT2D eigenvalue weighted by Gasteiger charge is -2.32. The zero-order chi connectivity index (χ0) is 15.2. The molecule has 0 aliphatic heterocycles. The Hall–Kier alpha value is -1.22. The Balaban J connectivity index is 2.10. The molecule has 0 saturated heterocycles. The van der Waals surface area contributed by atoms with E-state index < -0.39 is 0 Å². The Morgan fingerprint density at radius 1 is 1.29 bits per heavy atom. The maximum atomic E-state index is 11.5. The van der Waals surface area contributed by atoms with Crippen molar-refractivity contribution in [3.05, 3.63) is 23.2 Å². The van der Waals surface area contributed by atoms with Gasteiger partial charge in [-0.3, -0.25) is 4.79 Å². The second-order valence-corrected chi connectivity index (χ2v) is 6.21. The monoisotopic (exact) mass is 308 g/mol. The van der Waals surface area contributed by atoms with Crippen molar-refractivity contribution in [2.24, 2.45) is 5.92 Å². The Morgan fingerprint density at radius 3 is 2.76 bits per heavy atom. The van der Waals surface area contributed by atoms with Crippen LogP contribution in [0.5, 0.6) is 0 Å². The molecule has 0 heterocycles. The van der Waals surface area contributed by atoms with E-state index in [1.54, 1.807) is 0 Å². The number of halogens is 1. The molecule has 2 unspecified atom stereocenters. The number of amides is 1. The number of hydrogen-bond donors (Lipinski definition) is 2. The van der Waals surface area contributed by atoms with E-state index in [1.807, 2.05) is 25.1 Å². The quantitative estimate of drug-likeness (QED) is 0.797. The van der Waals surface area contributed by atoms with Crippen LogP contribution in [0.4, 0.5) is 11.4 Å². The summed E-state index contributed by atoms with van der Waals surface area (Å²) in [5.74, 6) is 0.732. The summed E-state index contributed by atoms with van der Waals surface area (Å²) < 4.78 is 0. The molecule has 21 heavy (non-hydrogen) atoms. The van der Waals surface area contributed by atoms with Crippen LogP contribution in [0.25, 0.3) is 0 Å². The van der Waals surface area contributed by atoms with Crippen molar-refractivity contribution in [2.45, 2.75) is 58.4 Å². The van der Waals surface area contributed by atoms with Crippen molar-refractivity contribution in [3.8, 4) is 0 Å². The first-order valence-electron chi connectivity index (χ1n) is 8.00. The van der Waals surface area contributed by atoms with Crippen LogP contribution >= 0.6 is 11.6 Å². The molecule has 1 fully saturated rings. The largest absolute Gasteiger partial charge is 0.381 e. The summed E-state index contributed by atoms with van der Waals surface area (Å²) in [6.45, 7) is 4.10. The topological polar surface area (TPSA) is 41.1 Å². The third kappa shape index (κ3) is 4.37. The van der Waals surface area contributed by atoms with Gasteiger partial charge in [-0.25, -0.2) is 0 Å². The fourth-order valence-electron chi connectivity index (χ4n) is 3.05. The SMILES string of the molecule is CCC(=O)Nc1ccc(Cl)c(NC2CCCCC2CC)c1. The number of benzene rings is 1. The maximum absolute atomic E-state index is 11.5. The Kier molecular flexibility index (Phi) is 5.92. The summed E-state index contributed by atoms with van der Waals surface area (Å²) in [5, 5.41) is 7.20. The molecule has 1 aromatic carbocycles. The molecule has 0 aromatic heterocycles. The molecule has 0 radical (unpaired) electrons. The van der Waals surface area contributed by atoms with Crippen molar-refractivity contribution in [2.75, 3.05) is 10.6 Å². The average molecular weight is 309 g/mol. The van der Waals surface area contributed by atoms with E-state index in [9.17, 15) is 4.79 Å². The van der Waals surface area contributed by atoms with Crippen LogP contribution in [0.1, 0.15) is 52.4 Å². The van der Waals surface area contributed by atoms with Crippen molar-refractivity contribution in [1.29, 1.82) is 0 Å². The van der Waals surface area contributed by atoms with Gasteiger partial charge in [-0.15, -0.1) is 0 Å². The van der Waals surface area contributed by atoms with Crippen LogP contribution in [0.2, 0.25) is 5.02 Å². The van der Waals surface area contributed by atoms with E-state index >= 15 is 0 Å². The molecule has 2 rings (SSSR count). The standard InChI is InChI=1S/C17H25ClN2O/c1-3-12-7-5-6-8-15(12)20-16-11-13(9-10-14(16)18)19-17(21)4-2/h9-12,15,20H,3-8H2,1-2H3,(H,19,21). The highest BCUT2D eigenvalue weighted by Crippen LogP contribution is 2.33. The van der Waals surface area contributed by atoms with Crippen LogP contribution in [-0.4, -0.2) is 11.9 Å². The Morgan fingerprint density at radius 2 is 2.05 bits per heavy atom. The molecule has 1 saturated carbocycles. The molecule has 2 atom stereocenters. The Labute approximate surface area is 132 Å². The number of carbonyl (C=O) groups is 1. The van der Waals surface area contributed by atoms with Gasteiger partial charge in [0.05, 0.1) is 10.7 Å². The first kappa shape index (κ1) is 16.2. The lowest BCUT2D eigenvalue weighted by Crippen LogP contribution is -2.31. The minimum Gasteiger partial charge on any atom is -0.381 e. The molecule has 1 aliphatic carbocycles. The van der Waals surface area contributed by atoms with Crippen LogP contribution in [0.15, 0.2) is 18.2 Å². The number of nitrogens with one attached hydrogen (secondary N) is 2. The second-order valence-electron chi connectivity index (χ2n) is 5.80. The van der Waals surface area contributed by atoms with E-state index in [4.69, 9.17) is 11.6 Å². The fourth-order valence-corrected chi connectivity index (χ4v) is 3.22. The summed E-state index contributed by atoms with van der Waals surface area (Å²) in [7, 11) is 0. The highest BCUT2D eigenvalue weighted by molar-refractivity contribution is 6.33. The van der Waals surface area contributed by atoms with Crippen LogP contribution in [0.3, 0.4) is 0 Å². The molecule has 1 aromatic rings. The lowest BCUT2D eigenvalue weighted by atomic mass is 9.83. The van der Waals surface area contributed by atoms with Crippen molar-refractivity contribution >= 4 is 28.9 Å². The molecule has 2 N–H and O–H groups in total. The average Bonchev–Trinajstić information content (AvgIpc) is 2.51. The van der Waals surface area contributed by atoms with Gasteiger partial charge in [-0.1, -0.05) is 44.7 Å². The summed E-state index contributed by atoms with van der Waals surface area (Å²) in [5.41, 5.74) is 1.73. The van der Waals surface area contributed by atoms with Crippen LogP contribution in [-0.2, 0) is 4.79 Å². The van der Waals surface area contributed by atoms with Gasteiger partial charge >= 0.3 is 0 Å². The van der Waals surface area contributed by atoms with Crippen LogP contribution in [0, 0.1) is 5.92 Å². The molecular formula is C17H25ClN2O. The Bertz CT molecular complexity index is 490. The van der Waals surface area contributed by atoms with Gasteiger partial charge < -0.3 is 10.6 Å². The van der Waals surface area contributed by atoms with Gasteiger partial charge in [0.25, 0.3) is 0 Å². The predicted octanol–water partition coefficient (Wildman–Crippen LogP) is 5.07. The van der Waals surface area contributed by atoms with Gasteiger partial charge in [-0.05, 0) is 37.0 Å². The fraction of sp³-hybridized carbons (Fsp3) is 0.588. The number of rotatable bonds is 5. The molecule has 4 heteroatoms. The smallest absolute Gasteiger partial charge is 0.224 e. The summed E-state index contributed by atoms with van der Waals surface area (Å²) in [6, 6.07) is 6.12. The van der Waals surface area contributed by atoms with Crippen molar-refractivity contribution < 1.29 is 4.79 Å². The first-order valence-corrected chi connectivity index (χ1v) is 8.37. The van der Waals surface area contributed by atoms with Gasteiger partial charge in [0.15, 0.2) is 0 Å². The zero-order valence-corrected chi connectivity index (χ0v) is 13.7.